The number of amides is 1. The van der Waals surface area contributed by atoms with Crippen molar-refractivity contribution in [2.24, 2.45) is 17.8 Å². The summed E-state index contributed by atoms with van der Waals surface area (Å²) in [7, 11) is 0. The molecular weight excluding hydrogens is 428 g/mol. The van der Waals surface area contributed by atoms with Crippen LogP contribution in [0.2, 0.25) is 10.0 Å². The first kappa shape index (κ1) is 19.2. The van der Waals surface area contributed by atoms with Crippen LogP contribution in [-0.2, 0) is 15.7 Å². The average molecular weight is 443 g/mol. The Kier molecular flexibility index (Phi) is 4.35. The third-order valence-electron chi connectivity index (χ3n) is 6.04. The number of carbonyl (C=O) groups excluding carboxylic acids is 1. The normalized spacial score (nSPS) is 32.2. The number of aromatic nitrogens is 1. The molecule has 9 heteroatoms. The Hall–Kier alpha value is -1.83. The summed E-state index contributed by atoms with van der Waals surface area (Å²) in [5.41, 5.74) is -0.254. The molecule has 1 aromatic heterocycles. The van der Waals surface area contributed by atoms with Gasteiger partial charge in [0.25, 0.3) is 0 Å². The molecule has 0 spiro atoms. The van der Waals surface area contributed by atoms with Gasteiger partial charge in [0.1, 0.15) is 5.69 Å². The number of carbonyl (C=O) groups is 1. The highest BCUT2D eigenvalue weighted by Gasteiger charge is 2.69. The Morgan fingerprint density at radius 1 is 1.10 bits per heavy atom. The molecule has 1 aromatic carbocycles. The molecule has 2 aliphatic heterocycles. The molecule has 4 nitrogen and oxygen atoms in total. The fourth-order valence-electron chi connectivity index (χ4n) is 4.74. The number of rotatable bonds is 3. The second-order valence-corrected chi connectivity index (χ2v) is 8.56. The third kappa shape index (κ3) is 3.20. The molecule has 1 saturated carbocycles. The largest absolute Gasteiger partial charge is 0.433 e. The van der Waals surface area contributed by atoms with Crippen molar-refractivity contribution < 1.29 is 22.7 Å². The van der Waals surface area contributed by atoms with E-state index in [1.165, 1.54) is 12.1 Å². The second kappa shape index (κ2) is 6.59. The quantitative estimate of drug-likeness (QED) is 0.713. The number of hydrogen-bond acceptors (Lipinski definition) is 3. The van der Waals surface area contributed by atoms with Crippen molar-refractivity contribution in [2.75, 3.05) is 5.32 Å². The smallest absolute Gasteiger partial charge is 0.373 e. The van der Waals surface area contributed by atoms with E-state index < -0.39 is 23.7 Å². The van der Waals surface area contributed by atoms with Crippen LogP contribution in [-0.4, -0.2) is 23.1 Å². The number of nitrogens with one attached hydrogen (secondary N) is 1. The standard InChI is InChI=1S/C20H15Cl2F3N2O2/c21-11-5-4-8(6-12(11)22)26-19(28)16-15(17-9-7-10(9)18(16)29-17)13-2-1-3-14(27-13)20(23,24)25/h1-6,9-10,15-18H,7H2,(H,26,28)/t9-,10+,15+,16+,17-,18+/m0/s1. The number of benzene rings is 1. The van der Waals surface area contributed by atoms with Crippen LogP contribution in [0.1, 0.15) is 23.7 Å². The van der Waals surface area contributed by atoms with Crippen molar-refractivity contribution in [3.05, 3.63) is 57.8 Å². The van der Waals surface area contributed by atoms with Gasteiger partial charge >= 0.3 is 6.18 Å². The Morgan fingerprint density at radius 2 is 1.86 bits per heavy atom. The van der Waals surface area contributed by atoms with Crippen LogP contribution in [0.15, 0.2) is 36.4 Å². The van der Waals surface area contributed by atoms with Gasteiger partial charge in [-0.15, -0.1) is 0 Å². The number of fused-ring (bicyclic) bond motifs is 5. The van der Waals surface area contributed by atoms with E-state index in [0.717, 1.165) is 12.5 Å². The van der Waals surface area contributed by atoms with Crippen LogP contribution in [0.4, 0.5) is 18.9 Å². The first-order chi connectivity index (χ1) is 13.7. The molecule has 3 heterocycles. The van der Waals surface area contributed by atoms with Crippen LogP contribution >= 0.6 is 23.2 Å². The lowest BCUT2D eigenvalue weighted by molar-refractivity contribution is -0.141. The van der Waals surface area contributed by atoms with Gasteiger partial charge in [-0.3, -0.25) is 4.79 Å². The second-order valence-electron chi connectivity index (χ2n) is 7.74. The molecule has 152 valence electrons. The van der Waals surface area contributed by atoms with Crippen molar-refractivity contribution in [1.29, 1.82) is 0 Å². The molecule has 3 fully saturated rings. The SMILES string of the molecule is O=C(Nc1ccc(Cl)c(Cl)c1)[C@H]1[C@@H]2O[C@@H]([C@H]3C[C@H]32)[C@@H]1c1cccc(C(F)(F)F)n1. The van der Waals surface area contributed by atoms with Crippen LogP contribution in [0.3, 0.4) is 0 Å². The molecule has 6 atom stereocenters. The number of ether oxygens (including phenoxy) is 1. The maximum Gasteiger partial charge on any atom is 0.433 e. The van der Waals surface area contributed by atoms with E-state index in [0.29, 0.717) is 15.7 Å². The Morgan fingerprint density at radius 3 is 2.59 bits per heavy atom. The Labute approximate surface area is 174 Å². The van der Waals surface area contributed by atoms with E-state index in [2.05, 4.69) is 10.3 Å². The molecule has 3 aliphatic rings. The number of anilines is 1. The van der Waals surface area contributed by atoms with Crippen molar-refractivity contribution in [2.45, 2.75) is 30.7 Å². The molecule has 1 aliphatic carbocycles. The average Bonchev–Trinajstić information content (AvgIpc) is 3.28. The predicted molar refractivity (Wildman–Crippen MR) is 101 cm³/mol. The minimum Gasteiger partial charge on any atom is -0.373 e. The lowest BCUT2D eigenvalue weighted by Crippen LogP contribution is -2.37. The van der Waals surface area contributed by atoms with Crippen molar-refractivity contribution in [3.8, 4) is 0 Å². The fourth-order valence-corrected chi connectivity index (χ4v) is 5.04. The number of halogens is 5. The van der Waals surface area contributed by atoms with Gasteiger partial charge < -0.3 is 10.1 Å². The molecule has 2 saturated heterocycles. The summed E-state index contributed by atoms with van der Waals surface area (Å²) < 4.78 is 45.4. The molecule has 2 aromatic rings. The van der Waals surface area contributed by atoms with E-state index in [-0.39, 0.29) is 35.6 Å². The molecule has 1 N–H and O–H groups in total. The van der Waals surface area contributed by atoms with Crippen molar-refractivity contribution in [1.82, 2.24) is 4.98 Å². The summed E-state index contributed by atoms with van der Waals surface area (Å²) in [5, 5.41) is 3.47. The van der Waals surface area contributed by atoms with Gasteiger partial charge in [0.05, 0.1) is 28.2 Å². The highest BCUT2D eigenvalue weighted by molar-refractivity contribution is 6.42. The molecule has 2 bridgehead atoms. The monoisotopic (exact) mass is 442 g/mol. The van der Waals surface area contributed by atoms with E-state index in [1.807, 2.05) is 0 Å². The van der Waals surface area contributed by atoms with E-state index in [1.54, 1.807) is 18.2 Å². The maximum absolute atomic E-state index is 13.1. The third-order valence-corrected chi connectivity index (χ3v) is 6.78. The molecule has 0 unspecified atom stereocenters. The first-order valence-electron chi connectivity index (χ1n) is 9.19. The molecule has 5 rings (SSSR count). The highest BCUT2D eigenvalue weighted by atomic mass is 35.5. The number of nitrogens with zero attached hydrogens (tertiary/aromatic N) is 1. The zero-order valence-corrected chi connectivity index (χ0v) is 16.3. The van der Waals surface area contributed by atoms with Gasteiger partial charge in [0, 0.05) is 17.3 Å². The van der Waals surface area contributed by atoms with Gasteiger partial charge in [-0.2, -0.15) is 13.2 Å². The maximum atomic E-state index is 13.1. The molecule has 29 heavy (non-hydrogen) atoms. The number of pyridine rings is 1. The predicted octanol–water partition coefficient (Wildman–Crippen LogP) is 5.16. The molecule has 1 amide bonds. The Balaban J connectivity index is 1.46. The van der Waals surface area contributed by atoms with Crippen LogP contribution < -0.4 is 5.32 Å². The van der Waals surface area contributed by atoms with E-state index >= 15 is 0 Å². The lowest BCUT2D eigenvalue weighted by Gasteiger charge is -2.27. The number of hydrogen-bond donors (Lipinski definition) is 1. The van der Waals surface area contributed by atoms with Gasteiger partial charge in [-0.05, 0) is 48.6 Å². The van der Waals surface area contributed by atoms with E-state index in [9.17, 15) is 18.0 Å². The topological polar surface area (TPSA) is 51.2 Å². The molecular formula is C20H15Cl2F3N2O2. The van der Waals surface area contributed by atoms with Gasteiger partial charge in [0.2, 0.25) is 5.91 Å². The number of alkyl halides is 3. The van der Waals surface area contributed by atoms with Crippen LogP contribution in [0, 0.1) is 17.8 Å². The zero-order valence-electron chi connectivity index (χ0n) is 14.8. The summed E-state index contributed by atoms with van der Waals surface area (Å²) in [6.07, 6.45) is -4.21. The summed E-state index contributed by atoms with van der Waals surface area (Å²) in [6.45, 7) is 0. The van der Waals surface area contributed by atoms with Crippen LogP contribution in [0.25, 0.3) is 0 Å². The first-order valence-corrected chi connectivity index (χ1v) is 9.95. The highest BCUT2D eigenvalue weighted by Crippen LogP contribution is 2.65. The van der Waals surface area contributed by atoms with Gasteiger partial charge in [0.15, 0.2) is 0 Å². The van der Waals surface area contributed by atoms with Crippen LogP contribution in [0.5, 0.6) is 0 Å². The summed E-state index contributed by atoms with van der Waals surface area (Å²) >= 11 is 11.9. The van der Waals surface area contributed by atoms with Crippen molar-refractivity contribution in [3.63, 3.8) is 0 Å². The zero-order chi connectivity index (χ0) is 20.5. The van der Waals surface area contributed by atoms with Crippen molar-refractivity contribution >= 4 is 34.8 Å². The van der Waals surface area contributed by atoms with Gasteiger partial charge in [-0.1, -0.05) is 29.3 Å². The summed E-state index contributed by atoms with van der Waals surface area (Å²) in [6, 6.07) is 8.53. The fraction of sp³-hybridized carbons (Fsp3) is 0.400. The minimum atomic E-state index is -4.55. The minimum absolute atomic E-state index is 0.243. The van der Waals surface area contributed by atoms with E-state index in [4.69, 9.17) is 27.9 Å². The molecule has 0 radical (unpaired) electrons. The Bertz CT molecular complexity index is 1000. The summed E-state index contributed by atoms with van der Waals surface area (Å²) in [4.78, 5) is 17.0. The lowest BCUT2D eigenvalue weighted by atomic mass is 9.76. The van der Waals surface area contributed by atoms with Gasteiger partial charge in [-0.25, -0.2) is 4.98 Å². The summed E-state index contributed by atoms with van der Waals surface area (Å²) in [5.74, 6) is -0.879.